The van der Waals surface area contributed by atoms with E-state index in [9.17, 15) is 9.59 Å². The van der Waals surface area contributed by atoms with Gasteiger partial charge in [0.1, 0.15) is 5.75 Å². The van der Waals surface area contributed by atoms with E-state index < -0.39 is 6.04 Å². The molecule has 2 N–H and O–H groups in total. The van der Waals surface area contributed by atoms with Crippen LogP contribution in [0.3, 0.4) is 0 Å². The van der Waals surface area contributed by atoms with Crippen LogP contribution in [0.1, 0.15) is 6.92 Å². The first-order valence-electron chi connectivity index (χ1n) is 10.1. The van der Waals surface area contributed by atoms with E-state index in [1.165, 1.54) is 0 Å². The van der Waals surface area contributed by atoms with E-state index in [4.69, 9.17) is 4.74 Å². The summed E-state index contributed by atoms with van der Waals surface area (Å²) in [7, 11) is 3.32. The maximum absolute atomic E-state index is 12.9. The molecule has 1 atom stereocenters. The molecule has 0 saturated heterocycles. The Hall–Kier alpha value is -3.64. The molecule has 6 heteroatoms. The van der Waals surface area contributed by atoms with Gasteiger partial charge < -0.3 is 15.4 Å². The predicted octanol–water partition coefficient (Wildman–Crippen LogP) is 4.26. The SMILES string of the molecule is COc1cccc(NC(=O)CN(C)[C@H](C)C(=O)Nc2ccccc2-c2ccccc2)c1. The third-order valence-electron chi connectivity index (χ3n) is 5.06. The Labute approximate surface area is 182 Å². The van der Waals surface area contributed by atoms with Crippen LogP contribution in [0, 0.1) is 0 Å². The lowest BCUT2D eigenvalue weighted by Crippen LogP contribution is -2.43. The fourth-order valence-corrected chi connectivity index (χ4v) is 3.16. The molecule has 3 aromatic rings. The van der Waals surface area contributed by atoms with Gasteiger partial charge in [0.15, 0.2) is 0 Å². The van der Waals surface area contributed by atoms with Crippen LogP contribution in [0.2, 0.25) is 0 Å². The second-order valence-corrected chi connectivity index (χ2v) is 7.27. The van der Waals surface area contributed by atoms with Crippen molar-refractivity contribution < 1.29 is 14.3 Å². The van der Waals surface area contributed by atoms with E-state index >= 15 is 0 Å². The average molecular weight is 418 g/mol. The first-order valence-corrected chi connectivity index (χ1v) is 10.1. The maximum atomic E-state index is 12.9. The third-order valence-corrected chi connectivity index (χ3v) is 5.06. The number of anilines is 2. The molecule has 3 rings (SSSR count). The van der Waals surface area contributed by atoms with Crippen molar-refractivity contribution in [2.45, 2.75) is 13.0 Å². The van der Waals surface area contributed by atoms with Gasteiger partial charge >= 0.3 is 0 Å². The summed E-state index contributed by atoms with van der Waals surface area (Å²) in [4.78, 5) is 27.0. The normalized spacial score (nSPS) is 11.6. The van der Waals surface area contributed by atoms with Gasteiger partial charge in [0.2, 0.25) is 11.8 Å². The van der Waals surface area contributed by atoms with E-state index in [-0.39, 0.29) is 18.4 Å². The number of carbonyl (C=O) groups is 2. The Morgan fingerprint density at radius 2 is 1.65 bits per heavy atom. The molecule has 0 bridgehead atoms. The van der Waals surface area contributed by atoms with Crippen molar-refractivity contribution in [2.24, 2.45) is 0 Å². The number of hydrogen-bond acceptors (Lipinski definition) is 4. The molecule has 6 nitrogen and oxygen atoms in total. The number of carbonyl (C=O) groups excluding carboxylic acids is 2. The number of para-hydroxylation sites is 1. The summed E-state index contributed by atoms with van der Waals surface area (Å²) in [5.74, 6) is 0.274. The number of hydrogen-bond donors (Lipinski definition) is 2. The van der Waals surface area contributed by atoms with Gasteiger partial charge in [-0.25, -0.2) is 0 Å². The van der Waals surface area contributed by atoms with E-state index in [0.29, 0.717) is 11.4 Å². The van der Waals surface area contributed by atoms with Crippen LogP contribution in [-0.2, 0) is 9.59 Å². The molecule has 3 aromatic carbocycles. The van der Waals surface area contributed by atoms with Gasteiger partial charge in [-0.05, 0) is 37.7 Å². The molecule has 31 heavy (non-hydrogen) atoms. The van der Waals surface area contributed by atoms with Crippen molar-refractivity contribution >= 4 is 23.2 Å². The summed E-state index contributed by atoms with van der Waals surface area (Å²) in [6.45, 7) is 1.85. The number of likely N-dealkylation sites (N-methyl/N-ethyl adjacent to an activating group) is 1. The number of rotatable bonds is 8. The van der Waals surface area contributed by atoms with Gasteiger partial charge in [0, 0.05) is 23.0 Å². The minimum atomic E-state index is -0.500. The quantitative estimate of drug-likeness (QED) is 0.575. The Balaban J connectivity index is 1.62. The van der Waals surface area contributed by atoms with Crippen molar-refractivity contribution in [3.05, 3.63) is 78.9 Å². The smallest absolute Gasteiger partial charge is 0.241 e. The van der Waals surface area contributed by atoms with Crippen LogP contribution >= 0.6 is 0 Å². The number of ether oxygens (including phenoxy) is 1. The van der Waals surface area contributed by atoms with Gasteiger partial charge in [-0.2, -0.15) is 0 Å². The molecule has 0 saturated carbocycles. The molecule has 0 radical (unpaired) electrons. The third kappa shape index (κ3) is 5.93. The van der Waals surface area contributed by atoms with Crippen molar-refractivity contribution in [2.75, 3.05) is 31.3 Å². The Morgan fingerprint density at radius 1 is 0.935 bits per heavy atom. The van der Waals surface area contributed by atoms with Crippen molar-refractivity contribution in [1.29, 1.82) is 0 Å². The van der Waals surface area contributed by atoms with Gasteiger partial charge in [-0.1, -0.05) is 54.6 Å². The Morgan fingerprint density at radius 3 is 2.39 bits per heavy atom. The minimum Gasteiger partial charge on any atom is -0.497 e. The summed E-state index contributed by atoms with van der Waals surface area (Å²) >= 11 is 0. The first-order chi connectivity index (χ1) is 15.0. The molecule has 2 amide bonds. The summed E-state index contributed by atoms with van der Waals surface area (Å²) in [5, 5.41) is 5.83. The van der Waals surface area contributed by atoms with E-state index in [2.05, 4.69) is 10.6 Å². The topological polar surface area (TPSA) is 70.7 Å². The fraction of sp³-hybridized carbons (Fsp3) is 0.200. The largest absolute Gasteiger partial charge is 0.497 e. The van der Waals surface area contributed by atoms with Crippen LogP contribution < -0.4 is 15.4 Å². The predicted molar refractivity (Wildman–Crippen MR) is 124 cm³/mol. The fourth-order valence-electron chi connectivity index (χ4n) is 3.16. The highest BCUT2D eigenvalue weighted by Crippen LogP contribution is 2.27. The molecule has 0 unspecified atom stereocenters. The minimum absolute atomic E-state index is 0.0755. The van der Waals surface area contributed by atoms with E-state index in [1.807, 2.05) is 60.7 Å². The van der Waals surface area contributed by atoms with Gasteiger partial charge in [-0.3, -0.25) is 14.5 Å². The highest BCUT2D eigenvalue weighted by molar-refractivity contribution is 5.99. The van der Waals surface area contributed by atoms with E-state index in [0.717, 1.165) is 16.8 Å². The molecule has 0 aliphatic heterocycles. The van der Waals surface area contributed by atoms with Gasteiger partial charge in [0.25, 0.3) is 0 Å². The zero-order chi connectivity index (χ0) is 22.2. The second-order valence-electron chi connectivity index (χ2n) is 7.27. The molecular formula is C25H27N3O3. The molecule has 0 aliphatic carbocycles. The lowest BCUT2D eigenvalue weighted by Gasteiger charge is -2.24. The monoisotopic (exact) mass is 417 g/mol. The highest BCUT2D eigenvalue weighted by Gasteiger charge is 2.21. The molecule has 0 aliphatic rings. The van der Waals surface area contributed by atoms with Crippen LogP contribution in [0.25, 0.3) is 11.1 Å². The van der Waals surface area contributed by atoms with Gasteiger partial charge in [-0.15, -0.1) is 0 Å². The molecule has 160 valence electrons. The van der Waals surface area contributed by atoms with Crippen molar-refractivity contribution in [3.8, 4) is 16.9 Å². The first kappa shape index (κ1) is 22.1. The molecular weight excluding hydrogens is 390 g/mol. The zero-order valence-corrected chi connectivity index (χ0v) is 18.0. The van der Waals surface area contributed by atoms with Crippen molar-refractivity contribution in [3.63, 3.8) is 0 Å². The highest BCUT2D eigenvalue weighted by atomic mass is 16.5. The summed E-state index contributed by atoms with van der Waals surface area (Å²) < 4.78 is 5.17. The lowest BCUT2D eigenvalue weighted by molar-refractivity contribution is -0.122. The Bertz CT molecular complexity index is 1040. The Kier molecular flexibility index (Phi) is 7.40. The number of nitrogens with zero attached hydrogens (tertiary/aromatic N) is 1. The van der Waals surface area contributed by atoms with Crippen LogP contribution in [-0.4, -0.2) is 43.5 Å². The van der Waals surface area contributed by atoms with Crippen LogP contribution in [0.4, 0.5) is 11.4 Å². The summed E-state index contributed by atoms with van der Waals surface area (Å²) in [6, 6.07) is 24.2. The standard InChI is InChI=1S/C25H27N3O3/c1-18(28(2)17-24(29)26-20-12-9-13-21(16-20)31-3)25(30)27-23-15-8-7-14-22(23)19-10-5-4-6-11-19/h4-16,18H,17H2,1-3H3,(H,26,29)(H,27,30)/t18-/m1/s1. The average Bonchev–Trinajstić information content (AvgIpc) is 2.79. The zero-order valence-electron chi connectivity index (χ0n) is 18.0. The molecule has 0 heterocycles. The molecule has 0 aromatic heterocycles. The number of methoxy groups -OCH3 is 1. The number of nitrogens with one attached hydrogen (secondary N) is 2. The van der Waals surface area contributed by atoms with Crippen molar-refractivity contribution in [1.82, 2.24) is 4.90 Å². The summed E-state index contributed by atoms with van der Waals surface area (Å²) in [5.41, 5.74) is 3.35. The number of amides is 2. The van der Waals surface area contributed by atoms with E-state index in [1.54, 1.807) is 44.2 Å². The van der Waals surface area contributed by atoms with Gasteiger partial charge in [0.05, 0.1) is 19.7 Å². The molecule has 0 fully saturated rings. The maximum Gasteiger partial charge on any atom is 0.241 e. The lowest BCUT2D eigenvalue weighted by atomic mass is 10.0. The molecule has 0 spiro atoms. The van der Waals surface area contributed by atoms with Crippen LogP contribution in [0.15, 0.2) is 78.9 Å². The second kappa shape index (κ2) is 10.4. The van der Waals surface area contributed by atoms with Crippen LogP contribution in [0.5, 0.6) is 5.75 Å². The number of benzene rings is 3. The summed E-state index contributed by atoms with van der Waals surface area (Å²) in [6.07, 6.45) is 0.